The van der Waals surface area contributed by atoms with Gasteiger partial charge in [-0.3, -0.25) is 4.79 Å². The van der Waals surface area contributed by atoms with E-state index < -0.39 is 0 Å². The van der Waals surface area contributed by atoms with Crippen LogP contribution in [0.3, 0.4) is 0 Å². The molecule has 1 rings (SSSR count). The lowest BCUT2D eigenvalue weighted by molar-refractivity contribution is 0.112. The fourth-order valence-electron chi connectivity index (χ4n) is 1.60. The van der Waals surface area contributed by atoms with Crippen LogP contribution < -0.4 is 4.90 Å². The van der Waals surface area contributed by atoms with Crippen molar-refractivity contribution in [3.8, 4) is 0 Å². The lowest BCUT2D eigenvalue weighted by Gasteiger charge is -2.24. The molecule has 0 fully saturated rings. The fraction of sp³-hybridized carbons (Fsp3) is 0.417. The number of aldehydes is 1. The number of carbonyl (C=O) groups is 1. The molecule has 0 bridgehead atoms. The number of aliphatic hydroxyl groups excluding tert-OH is 1. The van der Waals surface area contributed by atoms with Crippen LogP contribution in [0.15, 0.2) is 22.7 Å². The van der Waals surface area contributed by atoms with Crippen LogP contribution in [0.2, 0.25) is 0 Å². The second kappa shape index (κ2) is 6.66. The highest BCUT2D eigenvalue weighted by Crippen LogP contribution is 2.27. The third-order valence-corrected chi connectivity index (χ3v) is 2.95. The zero-order valence-electron chi connectivity index (χ0n) is 9.32. The third kappa shape index (κ3) is 3.32. The Morgan fingerprint density at radius 1 is 1.44 bits per heavy atom. The van der Waals surface area contributed by atoms with Gasteiger partial charge in [0.1, 0.15) is 6.29 Å². The maximum absolute atomic E-state index is 10.6. The standard InChI is InChI=1S/C12H16BrNO2/c1-2-5-14(6-7-15)12-4-3-10(9-16)8-11(12)13/h3-4,8-9,15H,2,5-7H2,1H3. The molecule has 0 unspecified atom stereocenters. The molecular formula is C12H16BrNO2. The molecule has 0 atom stereocenters. The zero-order chi connectivity index (χ0) is 12.0. The summed E-state index contributed by atoms with van der Waals surface area (Å²) in [7, 11) is 0. The molecule has 1 aromatic carbocycles. The van der Waals surface area contributed by atoms with Crippen LogP contribution in [-0.4, -0.2) is 31.1 Å². The van der Waals surface area contributed by atoms with Crippen molar-refractivity contribution in [3.05, 3.63) is 28.2 Å². The van der Waals surface area contributed by atoms with Crippen LogP contribution in [0, 0.1) is 0 Å². The van der Waals surface area contributed by atoms with Crippen molar-refractivity contribution in [3.63, 3.8) is 0 Å². The van der Waals surface area contributed by atoms with E-state index in [2.05, 4.69) is 27.8 Å². The number of benzene rings is 1. The van der Waals surface area contributed by atoms with Crippen molar-refractivity contribution in [1.82, 2.24) is 0 Å². The second-order valence-corrected chi connectivity index (χ2v) is 4.39. The highest BCUT2D eigenvalue weighted by molar-refractivity contribution is 9.10. The molecule has 3 nitrogen and oxygen atoms in total. The largest absolute Gasteiger partial charge is 0.395 e. The van der Waals surface area contributed by atoms with Gasteiger partial charge in [0.25, 0.3) is 0 Å². The average Bonchev–Trinajstić information content (AvgIpc) is 2.29. The van der Waals surface area contributed by atoms with Crippen LogP contribution in [0.4, 0.5) is 5.69 Å². The molecule has 16 heavy (non-hydrogen) atoms. The molecule has 1 N–H and O–H groups in total. The van der Waals surface area contributed by atoms with E-state index in [4.69, 9.17) is 5.11 Å². The average molecular weight is 286 g/mol. The quantitative estimate of drug-likeness (QED) is 0.817. The van der Waals surface area contributed by atoms with E-state index in [1.165, 1.54) is 0 Å². The van der Waals surface area contributed by atoms with Crippen molar-refractivity contribution in [2.75, 3.05) is 24.6 Å². The second-order valence-electron chi connectivity index (χ2n) is 3.54. The van der Waals surface area contributed by atoms with Crippen molar-refractivity contribution < 1.29 is 9.90 Å². The molecule has 0 amide bonds. The highest BCUT2D eigenvalue weighted by Gasteiger charge is 2.09. The van der Waals surface area contributed by atoms with Crippen LogP contribution in [0.25, 0.3) is 0 Å². The van der Waals surface area contributed by atoms with Crippen molar-refractivity contribution in [1.29, 1.82) is 0 Å². The monoisotopic (exact) mass is 285 g/mol. The normalized spacial score (nSPS) is 10.2. The molecule has 0 aliphatic carbocycles. The first kappa shape index (κ1) is 13.2. The molecule has 0 aliphatic heterocycles. The minimum Gasteiger partial charge on any atom is -0.395 e. The Bertz CT molecular complexity index is 349. The van der Waals surface area contributed by atoms with Gasteiger partial charge in [-0.2, -0.15) is 0 Å². The summed E-state index contributed by atoms with van der Waals surface area (Å²) in [6.07, 6.45) is 1.84. The summed E-state index contributed by atoms with van der Waals surface area (Å²) in [6.45, 7) is 3.71. The zero-order valence-corrected chi connectivity index (χ0v) is 10.9. The van der Waals surface area contributed by atoms with E-state index >= 15 is 0 Å². The molecule has 0 saturated heterocycles. The number of nitrogens with zero attached hydrogens (tertiary/aromatic N) is 1. The molecule has 0 spiro atoms. The summed E-state index contributed by atoms with van der Waals surface area (Å²) in [4.78, 5) is 12.7. The Balaban J connectivity index is 2.94. The van der Waals surface area contributed by atoms with Crippen LogP contribution >= 0.6 is 15.9 Å². The summed E-state index contributed by atoms with van der Waals surface area (Å²) in [6, 6.07) is 5.48. The maximum Gasteiger partial charge on any atom is 0.150 e. The first-order chi connectivity index (χ1) is 7.72. The molecular weight excluding hydrogens is 270 g/mol. The van der Waals surface area contributed by atoms with E-state index in [1.807, 2.05) is 6.07 Å². The SMILES string of the molecule is CCCN(CCO)c1ccc(C=O)cc1Br. The van der Waals surface area contributed by atoms with Gasteiger partial charge in [-0.05, 0) is 40.5 Å². The summed E-state index contributed by atoms with van der Waals surface area (Å²) >= 11 is 3.45. The van der Waals surface area contributed by atoms with Crippen LogP contribution in [0.1, 0.15) is 23.7 Å². The molecule has 1 aromatic rings. The number of hydrogen-bond donors (Lipinski definition) is 1. The molecule has 0 aromatic heterocycles. The topological polar surface area (TPSA) is 40.5 Å². The van der Waals surface area contributed by atoms with Crippen molar-refractivity contribution in [2.45, 2.75) is 13.3 Å². The predicted molar refractivity (Wildman–Crippen MR) is 69.1 cm³/mol. The molecule has 0 heterocycles. The number of aliphatic hydroxyl groups is 1. The van der Waals surface area contributed by atoms with Gasteiger partial charge < -0.3 is 10.0 Å². The Kier molecular flexibility index (Phi) is 5.49. The van der Waals surface area contributed by atoms with Gasteiger partial charge in [0.05, 0.1) is 12.3 Å². The fourth-order valence-corrected chi connectivity index (χ4v) is 2.24. The first-order valence-corrected chi connectivity index (χ1v) is 6.12. The summed E-state index contributed by atoms with van der Waals surface area (Å²) in [5, 5.41) is 9.00. The van der Waals surface area contributed by atoms with Gasteiger partial charge in [0.2, 0.25) is 0 Å². The van der Waals surface area contributed by atoms with Crippen LogP contribution in [0.5, 0.6) is 0 Å². The summed E-state index contributed by atoms with van der Waals surface area (Å²) in [5.74, 6) is 0. The highest BCUT2D eigenvalue weighted by atomic mass is 79.9. The lowest BCUT2D eigenvalue weighted by Crippen LogP contribution is -2.27. The minimum absolute atomic E-state index is 0.127. The number of anilines is 1. The van der Waals surface area contributed by atoms with E-state index in [0.29, 0.717) is 12.1 Å². The Labute approximate surface area is 104 Å². The van der Waals surface area contributed by atoms with Crippen molar-refractivity contribution >= 4 is 27.9 Å². The third-order valence-electron chi connectivity index (χ3n) is 2.31. The number of halogens is 1. The van der Waals surface area contributed by atoms with E-state index in [0.717, 1.165) is 29.4 Å². The van der Waals surface area contributed by atoms with Gasteiger partial charge in [-0.1, -0.05) is 6.92 Å². The smallest absolute Gasteiger partial charge is 0.150 e. The number of rotatable bonds is 6. The molecule has 4 heteroatoms. The maximum atomic E-state index is 10.6. The van der Waals surface area contributed by atoms with Crippen LogP contribution in [-0.2, 0) is 0 Å². The number of hydrogen-bond acceptors (Lipinski definition) is 3. The molecule has 0 radical (unpaired) electrons. The summed E-state index contributed by atoms with van der Waals surface area (Å²) < 4.78 is 0.888. The Morgan fingerprint density at radius 3 is 2.69 bits per heavy atom. The van der Waals surface area contributed by atoms with E-state index in [9.17, 15) is 4.79 Å². The molecule has 88 valence electrons. The minimum atomic E-state index is 0.127. The summed E-state index contributed by atoms with van der Waals surface area (Å²) in [5.41, 5.74) is 1.66. The lowest BCUT2D eigenvalue weighted by atomic mass is 10.2. The van der Waals surface area contributed by atoms with Gasteiger partial charge in [0, 0.05) is 23.1 Å². The van der Waals surface area contributed by atoms with E-state index in [-0.39, 0.29) is 6.61 Å². The van der Waals surface area contributed by atoms with Crippen molar-refractivity contribution in [2.24, 2.45) is 0 Å². The van der Waals surface area contributed by atoms with Gasteiger partial charge in [-0.25, -0.2) is 0 Å². The molecule has 0 saturated carbocycles. The van der Waals surface area contributed by atoms with Gasteiger partial charge in [-0.15, -0.1) is 0 Å². The first-order valence-electron chi connectivity index (χ1n) is 5.33. The van der Waals surface area contributed by atoms with E-state index in [1.54, 1.807) is 12.1 Å². The predicted octanol–water partition coefficient (Wildman–Crippen LogP) is 2.47. The number of carbonyl (C=O) groups excluding carboxylic acids is 1. The van der Waals surface area contributed by atoms with Gasteiger partial charge >= 0.3 is 0 Å². The Hall–Kier alpha value is -0.870. The molecule has 0 aliphatic rings. The van der Waals surface area contributed by atoms with Gasteiger partial charge in [0.15, 0.2) is 0 Å². The Morgan fingerprint density at radius 2 is 2.19 bits per heavy atom.